The van der Waals surface area contributed by atoms with Gasteiger partial charge in [-0.2, -0.15) is 0 Å². The first kappa shape index (κ1) is 33.4. The Morgan fingerprint density at radius 3 is 2.23 bits per heavy atom. The summed E-state index contributed by atoms with van der Waals surface area (Å²) in [7, 11) is 1.04. The lowest BCUT2D eigenvalue weighted by molar-refractivity contribution is -0.385. The predicted molar refractivity (Wildman–Crippen MR) is 157 cm³/mol. The minimum atomic E-state index is -2.22. The van der Waals surface area contributed by atoms with Gasteiger partial charge in [0.1, 0.15) is 11.2 Å². The quantitative estimate of drug-likeness (QED) is 0.0636. The zero-order valence-electron chi connectivity index (χ0n) is 24.3. The van der Waals surface area contributed by atoms with Crippen molar-refractivity contribution in [2.75, 3.05) is 33.3 Å². The second-order valence-corrected chi connectivity index (χ2v) is 18.3. The standard InChI is InChI=1S/C26H42N2O8S2Si/c1-25(2,3)39(8,9)27-21(16-26(33-4,34-5)23(37-6)38-7)19(22(27)29)14-15-35-24(30)36-17-18-12-10-11-13-20(18)28(31)32/h10-13,19,21,23H,14-17H2,1-9H3/t19-,21+/m0/s1. The van der Waals surface area contributed by atoms with E-state index in [1.54, 1.807) is 49.9 Å². The Hall–Kier alpha value is -1.80. The molecule has 1 saturated heterocycles. The number of thioether (sulfide) groups is 2. The van der Waals surface area contributed by atoms with Crippen LogP contribution >= 0.6 is 23.5 Å². The minimum absolute atomic E-state index is 0.0154. The fourth-order valence-electron chi connectivity index (χ4n) is 4.75. The number of benzene rings is 1. The summed E-state index contributed by atoms with van der Waals surface area (Å²) in [6.45, 7) is 10.6. The number of methoxy groups -OCH3 is 2. The van der Waals surface area contributed by atoms with Crippen LogP contribution in [0.25, 0.3) is 0 Å². The molecular weight excluding hydrogens is 561 g/mol. The third-order valence-corrected chi connectivity index (χ3v) is 16.1. The SMILES string of the molecule is COC(C[C@@H]1[C@H](CCOC(=O)OCc2ccccc2[N+](=O)[O-])C(=O)N1[Si](C)(C)C(C)(C)C)(OC)C(SC)SC. The molecule has 0 aromatic heterocycles. The highest BCUT2D eigenvalue weighted by molar-refractivity contribution is 8.16. The van der Waals surface area contributed by atoms with Gasteiger partial charge >= 0.3 is 6.16 Å². The summed E-state index contributed by atoms with van der Waals surface area (Å²) in [4.78, 5) is 36.4. The maximum Gasteiger partial charge on any atom is 0.508 e. The van der Waals surface area contributed by atoms with Crippen molar-refractivity contribution < 1.29 is 33.5 Å². The Balaban J connectivity index is 2.15. The first-order chi connectivity index (χ1) is 18.2. The zero-order valence-corrected chi connectivity index (χ0v) is 27.0. The van der Waals surface area contributed by atoms with E-state index in [0.717, 1.165) is 0 Å². The van der Waals surface area contributed by atoms with Crippen LogP contribution in [0.3, 0.4) is 0 Å². The molecule has 0 saturated carbocycles. The van der Waals surface area contributed by atoms with Crippen LogP contribution in [0.1, 0.15) is 39.2 Å². The largest absolute Gasteiger partial charge is 0.508 e. The number of nitrogens with zero attached hydrogens (tertiary/aromatic N) is 2. The van der Waals surface area contributed by atoms with E-state index in [1.165, 1.54) is 12.1 Å². The number of nitro benzene ring substituents is 1. The first-order valence-electron chi connectivity index (χ1n) is 12.7. The lowest BCUT2D eigenvalue weighted by Gasteiger charge is -2.60. The van der Waals surface area contributed by atoms with Gasteiger partial charge in [0, 0.05) is 32.7 Å². The van der Waals surface area contributed by atoms with Crippen LogP contribution in [0.15, 0.2) is 24.3 Å². The van der Waals surface area contributed by atoms with E-state index in [1.807, 2.05) is 12.5 Å². The molecule has 1 heterocycles. The van der Waals surface area contributed by atoms with Gasteiger partial charge in [-0.25, -0.2) is 4.79 Å². The van der Waals surface area contributed by atoms with Crippen molar-refractivity contribution in [3.63, 3.8) is 0 Å². The number of nitro groups is 1. The molecule has 1 aliphatic heterocycles. The molecule has 1 aromatic carbocycles. The maximum atomic E-state index is 13.6. The van der Waals surface area contributed by atoms with Gasteiger partial charge in [0.05, 0.1) is 23.0 Å². The van der Waals surface area contributed by atoms with Gasteiger partial charge in [-0.15, -0.1) is 23.5 Å². The van der Waals surface area contributed by atoms with Gasteiger partial charge in [-0.05, 0) is 30.0 Å². The van der Waals surface area contributed by atoms with Crippen LogP contribution in [0.2, 0.25) is 18.1 Å². The summed E-state index contributed by atoms with van der Waals surface area (Å²) < 4.78 is 24.4. The van der Waals surface area contributed by atoms with Gasteiger partial charge in [0.2, 0.25) is 5.91 Å². The van der Waals surface area contributed by atoms with Crippen molar-refractivity contribution >= 4 is 49.5 Å². The highest BCUT2D eigenvalue weighted by Gasteiger charge is 2.59. The van der Waals surface area contributed by atoms with E-state index < -0.39 is 25.1 Å². The fraction of sp³-hybridized carbons (Fsp3) is 0.692. The number of hydrogen-bond donors (Lipinski definition) is 0. The Morgan fingerprint density at radius 1 is 1.13 bits per heavy atom. The molecule has 220 valence electrons. The average molecular weight is 603 g/mol. The zero-order chi connectivity index (χ0) is 29.6. The van der Waals surface area contributed by atoms with E-state index in [4.69, 9.17) is 18.9 Å². The molecule has 1 fully saturated rings. The van der Waals surface area contributed by atoms with Gasteiger partial charge < -0.3 is 23.5 Å². The lowest BCUT2D eigenvalue weighted by Crippen LogP contribution is -2.74. The lowest BCUT2D eigenvalue weighted by atomic mass is 9.83. The topological polar surface area (TPSA) is 117 Å². The molecule has 2 atom stereocenters. The molecule has 0 bridgehead atoms. The fourth-order valence-corrected chi connectivity index (χ4v) is 9.35. The second-order valence-electron chi connectivity index (χ2n) is 11.0. The molecule has 10 nitrogen and oxygen atoms in total. The van der Waals surface area contributed by atoms with Crippen molar-refractivity contribution in [1.82, 2.24) is 4.57 Å². The molecule has 39 heavy (non-hydrogen) atoms. The number of hydrogen-bond acceptors (Lipinski definition) is 10. The molecule has 13 heteroatoms. The molecule has 2 rings (SSSR count). The summed E-state index contributed by atoms with van der Waals surface area (Å²) in [5.41, 5.74) is 0.138. The molecule has 0 aliphatic carbocycles. The molecule has 1 amide bonds. The van der Waals surface area contributed by atoms with E-state index >= 15 is 0 Å². The van der Waals surface area contributed by atoms with Crippen LogP contribution in [0, 0.1) is 16.0 Å². The number of rotatable bonds is 14. The molecule has 1 aromatic rings. The van der Waals surface area contributed by atoms with Crippen LogP contribution < -0.4 is 0 Å². The molecule has 0 unspecified atom stereocenters. The summed E-state index contributed by atoms with van der Waals surface area (Å²) >= 11 is 3.28. The Kier molecular flexibility index (Phi) is 11.7. The molecular formula is C26H42N2O8S2Si. The summed E-state index contributed by atoms with van der Waals surface area (Å²) in [5.74, 6) is -1.22. The van der Waals surface area contributed by atoms with Crippen LogP contribution in [0.5, 0.6) is 0 Å². The van der Waals surface area contributed by atoms with Gasteiger partial charge in [0.25, 0.3) is 5.69 Å². The van der Waals surface area contributed by atoms with Crippen molar-refractivity contribution in [3.05, 3.63) is 39.9 Å². The number of amides is 1. The van der Waals surface area contributed by atoms with Crippen molar-refractivity contribution in [1.29, 1.82) is 0 Å². The average Bonchev–Trinajstić information content (AvgIpc) is 2.88. The van der Waals surface area contributed by atoms with Crippen LogP contribution in [-0.2, 0) is 30.3 Å². The smallest absolute Gasteiger partial charge is 0.434 e. The Labute approximate surface area is 241 Å². The molecule has 0 spiro atoms. The summed E-state index contributed by atoms with van der Waals surface area (Å²) in [5, 5.41) is 11.1. The van der Waals surface area contributed by atoms with E-state index in [9.17, 15) is 19.7 Å². The van der Waals surface area contributed by atoms with Gasteiger partial charge in [0.15, 0.2) is 14.0 Å². The minimum Gasteiger partial charge on any atom is -0.434 e. The number of para-hydroxylation sites is 1. The predicted octanol–water partition coefficient (Wildman–Crippen LogP) is 5.90. The third kappa shape index (κ3) is 7.29. The van der Waals surface area contributed by atoms with E-state index in [0.29, 0.717) is 12.8 Å². The van der Waals surface area contributed by atoms with Crippen molar-refractivity contribution in [2.45, 2.75) is 74.8 Å². The molecule has 0 N–H and O–H groups in total. The Morgan fingerprint density at radius 2 is 1.72 bits per heavy atom. The van der Waals surface area contributed by atoms with E-state index in [-0.39, 0.29) is 52.0 Å². The third-order valence-electron chi connectivity index (χ3n) is 7.94. The van der Waals surface area contributed by atoms with Gasteiger partial charge in [-0.3, -0.25) is 14.9 Å². The van der Waals surface area contributed by atoms with Crippen LogP contribution in [-0.4, -0.2) is 79.5 Å². The normalized spacial score (nSPS) is 18.2. The highest BCUT2D eigenvalue weighted by atomic mass is 32.2. The van der Waals surface area contributed by atoms with Gasteiger partial charge in [-0.1, -0.05) is 46.0 Å². The van der Waals surface area contributed by atoms with Crippen molar-refractivity contribution in [2.24, 2.45) is 5.92 Å². The molecule has 1 aliphatic rings. The summed E-state index contributed by atoms with van der Waals surface area (Å²) in [6, 6.07) is 5.89. The highest BCUT2D eigenvalue weighted by Crippen LogP contribution is 2.49. The number of carbonyl (C=O) groups excluding carboxylic acids is 2. The summed E-state index contributed by atoms with van der Waals surface area (Å²) in [6.07, 6.45) is 3.88. The second kappa shape index (κ2) is 13.7. The van der Waals surface area contributed by atoms with E-state index in [2.05, 4.69) is 38.4 Å². The monoisotopic (exact) mass is 602 g/mol. The maximum absolute atomic E-state index is 13.6. The number of carbonyl (C=O) groups is 2. The number of ether oxygens (including phenoxy) is 4. The Bertz CT molecular complexity index is 1010. The van der Waals surface area contributed by atoms with Crippen LogP contribution in [0.4, 0.5) is 10.5 Å². The first-order valence-corrected chi connectivity index (χ1v) is 18.2. The van der Waals surface area contributed by atoms with Crippen molar-refractivity contribution in [3.8, 4) is 0 Å². The number of β-lactam (4-membered cyclic amide) rings is 1. The molecule has 0 radical (unpaired) electrons.